The fourth-order valence-electron chi connectivity index (χ4n) is 3.34. The number of rotatable bonds is 2. The summed E-state index contributed by atoms with van der Waals surface area (Å²) in [5.74, 6) is -0.0115. The molecule has 4 rings (SSSR count). The molecule has 3 fully saturated rings. The van der Waals surface area contributed by atoms with Crippen molar-refractivity contribution in [3.8, 4) is 0 Å². The zero-order chi connectivity index (χ0) is 16.6. The normalized spacial score (nSPS) is 27.6. The zero-order valence-corrected chi connectivity index (χ0v) is 13.1. The molecular weight excluding hydrogens is 331 g/mol. The molecule has 1 aromatic heterocycles. The van der Waals surface area contributed by atoms with Gasteiger partial charge in [0.2, 0.25) is 0 Å². The highest BCUT2D eigenvalue weighted by molar-refractivity contribution is 6.31. The van der Waals surface area contributed by atoms with E-state index < -0.39 is 22.7 Å². The first-order valence-electron chi connectivity index (χ1n) is 7.59. The van der Waals surface area contributed by atoms with E-state index in [0.29, 0.717) is 12.0 Å². The summed E-state index contributed by atoms with van der Waals surface area (Å²) < 4.78 is 38.6. The first kappa shape index (κ1) is 16.5. The van der Waals surface area contributed by atoms with Crippen molar-refractivity contribution in [1.29, 1.82) is 0 Å². The third-order valence-electron chi connectivity index (χ3n) is 4.53. The van der Waals surface area contributed by atoms with E-state index in [1.807, 2.05) is 0 Å². The van der Waals surface area contributed by atoms with Gasteiger partial charge in [0.15, 0.2) is 0 Å². The van der Waals surface area contributed by atoms with Crippen LogP contribution in [0.1, 0.15) is 35.3 Å². The number of halogens is 4. The molecule has 1 aromatic rings. The summed E-state index contributed by atoms with van der Waals surface area (Å²) >= 11 is 5.52. The second-order valence-corrected chi connectivity index (χ2v) is 6.60. The Kier molecular flexibility index (Phi) is 4.51. The number of alkyl halides is 3. The van der Waals surface area contributed by atoms with Gasteiger partial charge in [-0.15, -0.1) is 0 Å². The number of aromatic nitrogens is 1. The van der Waals surface area contributed by atoms with Gasteiger partial charge in [-0.25, -0.2) is 4.98 Å². The molecule has 1 atom stereocenters. The molecule has 4 nitrogen and oxygen atoms in total. The number of amides is 1. The summed E-state index contributed by atoms with van der Waals surface area (Å²) in [5, 5.41) is 2.31. The van der Waals surface area contributed by atoms with Crippen LogP contribution in [0, 0.1) is 5.92 Å². The molecule has 23 heavy (non-hydrogen) atoms. The summed E-state index contributed by atoms with van der Waals surface area (Å²) in [6.45, 7) is 2.78. The number of nitrogens with zero attached hydrogens (tertiary/aromatic N) is 2. The van der Waals surface area contributed by atoms with Gasteiger partial charge in [-0.05, 0) is 44.3 Å². The number of carbonyl (C=O) groups excluding carboxylic acids is 1. The van der Waals surface area contributed by atoms with Gasteiger partial charge in [-0.3, -0.25) is 4.79 Å². The molecule has 1 N–H and O–H groups in total. The van der Waals surface area contributed by atoms with Crippen LogP contribution in [-0.2, 0) is 6.18 Å². The fourth-order valence-corrected chi connectivity index (χ4v) is 3.55. The lowest BCUT2D eigenvalue weighted by molar-refractivity contribution is -0.137. The van der Waals surface area contributed by atoms with E-state index in [1.54, 1.807) is 0 Å². The number of piperidine rings is 1. The van der Waals surface area contributed by atoms with E-state index in [1.165, 1.54) is 0 Å². The molecule has 0 aromatic carbocycles. The monoisotopic (exact) mass is 347 g/mol. The average Bonchev–Trinajstić information content (AvgIpc) is 2.78. The molecule has 0 aliphatic carbocycles. The minimum atomic E-state index is -4.61. The Labute approximate surface area is 137 Å². The topological polar surface area (TPSA) is 45.2 Å². The summed E-state index contributed by atoms with van der Waals surface area (Å²) in [4.78, 5) is 18.3. The number of hydrogen-bond donors (Lipinski definition) is 1. The predicted molar refractivity (Wildman–Crippen MR) is 79.3 cm³/mol. The molecule has 0 unspecified atom stereocenters. The molecule has 0 spiro atoms. The number of carbonyl (C=O) groups is 1. The van der Waals surface area contributed by atoms with Crippen LogP contribution in [0.2, 0.25) is 5.02 Å². The van der Waals surface area contributed by atoms with Gasteiger partial charge in [0, 0.05) is 18.8 Å². The molecule has 3 saturated heterocycles. The first-order valence-corrected chi connectivity index (χ1v) is 7.96. The van der Waals surface area contributed by atoms with Gasteiger partial charge in [-0.2, -0.15) is 13.2 Å². The molecule has 126 valence electrons. The molecule has 4 heterocycles. The fraction of sp³-hybridized carbons (Fsp3) is 0.600. The van der Waals surface area contributed by atoms with Gasteiger partial charge in [0.05, 0.1) is 10.6 Å². The Hall–Kier alpha value is -1.34. The highest BCUT2D eigenvalue weighted by Crippen LogP contribution is 2.34. The number of hydrogen-bond acceptors (Lipinski definition) is 3. The van der Waals surface area contributed by atoms with Crippen molar-refractivity contribution in [3.63, 3.8) is 0 Å². The number of fused-ring (bicyclic) bond motifs is 4. The van der Waals surface area contributed by atoms with E-state index in [4.69, 9.17) is 11.6 Å². The highest BCUT2D eigenvalue weighted by atomic mass is 35.5. The molecule has 0 saturated carbocycles. The van der Waals surface area contributed by atoms with Crippen LogP contribution in [-0.4, -0.2) is 41.5 Å². The quantitative estimate of drug-likeness (QED) is 0.894. The van der Waals surface area contributed by atoms with Crippen LogP contribution in [0.15, 0.2) is 12.3 Å². The summed E-state index contributed by atoms with van der Waals surface area (Å²) in [6, 6.07) is 0.660. The predicted octanol–water partition coefficient (Wildman–Crippen LogP) is 2.97. The summed E-state index contributed by atoms with van der Waals surface area (Å²) in [5.41, 5.74) is -1.29. The Morgan fingerprint density at radius 2 is 2.04 bits per heavy atom. The van der Waals surface area contributed by atoms with Crippen molar-refractivity contribution >= 4 is 17.5 Å². The highest BCUT2D eigenvalue weighted by Gasteiger charge is 2.35. The van der Waals surface area contributed by atoms with E-state index in [2.05, 4.69) is 15.2 Å². The van der Waals surface area contributed by atoms with Crippen LogP contribution < -0.4 is 5.32 Å². The second kappa shape index (κ2) is 6.28. The van der Waals surface area contributed by atoms with Crippen molar-refractivity contribution < 1.29 is 18.0 Å². The maximum Gasteiger partial charge on any atom is 0.417 e. The Bertz CT molecular complexity index is 586. The van der Waals surface area contributed by atoms with E-state index in [9.17, 15) is 18.0 Å². The van der Waals surface area contributed by atoms with Gasteiger partial charge in [-0.1, -0.05) is 11.6 Å². The zero-order valence-electron chi connectivity index (χ0n) is 12.4. The summed E-state index contributed by atoms with van der Waals surface area (Å²) in [6.07, 6.45) is -0.642. The Morgan fingerprint density at radius 3 is 2.70 bits per heavy atom. The smallest absolute Gasteiger partial charge is 0.347 e. The molecule has 2 bridgehead atoms. The Balaban J connectivity index is 1.73. The molecule has 3 aliphatic heterocycles. The van der Waals surface area contributed by atoms with Crippen LogP contribution in [0.3, 0.4) is 0 Å². The first-order chi connectivity index (χ1) is 10.8. The minimum absolute atomic E-state index is 0.0516. The Morgan fingerprint density at radius 1 is 1.35 bits per heavy atom. The number of nitrogens with one attached hydrogen (secondary N) is 1. The maximum absolute atomic E-state index is 12.9. The molecule has 1 amide bonds. The van der Waals surface area contributed by atoms with E-state index in [0.717, 1.165) is 45.1 Å². The van der Waals surface area contributed by atoms with Gasteiger partial charge >= 0.3 is 6.18 Å². The lowest BCUT2D eigenvalue weighted by Gasteiger charge is -2.26. The van der Waals surface area contributed by atoms with E-state index >= 15 is 0 Å². The largest absolute Gasteiger partial charge is 0.417 e. The third kappa shape index (κ3) is 3.77. The van der Waals surface area contributed by atoms with Crippen molar-refractivity contribution in [2.75, 3.05) is 19.6 Å². The molecular formula is C15H17ClF3N3O. The molecule has 8 heteroatoms. The lowest BCUT2D eigenvalue weighted by atomic mass is 9.94. The van der Waals surface area contributed by atoms with Gasteiger partial charge in [0.25, 0.3) is 5.91 Å². The lowest BCUT2D eigenvalue weighted by Crippen LogP contribution is -2.42. The van der Waals surface area contributed by atoms with Crippen molar-refractivity contribution in [3.05, 3.63) is 28.5 Å². The van der Waals surface area contributed by atoms with Crippen molar-refractivity contribution in [2.24, 2.45) is 5.92 Å². The SMILES string of the molecule is O=C(N[C@@H]1CC2CCN(CC2)C1)c1cc(C(F)(F)F)c(Cl)cn1. The average molecular weight is 348 g/mol. The maximum atomic E-state index is 12.9. The van der Waals surface area contributed by atoms with Crippen LogP contribution >= 0.6 is 11.6 Å². The van der Waals surface area contributed by atoms with Gasteiger partial charge < -0.3 is 10.2 Å². The second-order valence-electron chi connectivity index (χ2n) is 6.20. The van der Waals surface area contributed by atoms with Crippen molar-refractivity contribution in [2.45, 2.75) is 31.5 Å². The van der Waals surface area contributed by atoms with Crippen LogP contribution in [0.5, 0.6) is 0 Å². The number of pyridine rings is 1. The van der Waals surface area contributed by atoms with Crippen LogP contribution in [0.25, 0.3) is 0 Å². The van der Waals surface area contributed by atoms with E-state index in [-0.39, 0.29) is 11.7 Å². The van der Waals surface area contributed by atoms with Crippen molar-refractivity contribution in [1.82, 2.24) is 15.2 Å². The third-order valence-corrected chi connectivity index (χ3v) is 4.83. The minimum Gasteiger partial charge on any atom is -0.347 e. The standard InChI is InChI=1S/C15H17ClF3N3O/c16-12-7-20-13(6-11(12)15(17,18)19)14(23)21-10-5-9-1-3-22(8-10)4-2-9/h6-7,9-10H,1-5,8H2,(H,21,23)/t10-/m1/s1. The van der Waals surface area contributed by atoms with Gasteiger partial charge in [0.1, 0.15) is 5.69 Å². The summed E-state index contributed by atoms with van der Waals surface area (Å²) in [7, 11) is 0. The molecule has 0 radical (unpaired) electrons. The molecule has 3 aliphatic rings. The van der Waals surface area contributed by atoms with Crippen LogP contribution in [0.4, 0.5) is 13.2 Å².